The van der Waals surface area contributed by atoms with Crippen LogP contribution in [0, 0.1) is 13.8 Å². The molecule has 82 valence electrons. The molecule has 0 fully saturated rings. The van der Waals surface area contributed by atoms with E-state index in [4.69, 9.17) is 5.21 Å². The summed E-state index contributed by atoms with van der Waals surface area (Å²) in [6.45, 7) is 3.69. The van der Waals surface area contributed by atoms with E-state index in [2.05, 4.69) is 10.2 Å². The molecular weight excluding hydrogens is 206 g/mol. The van der Waals surface area contributed by atoms with Crippen LogP contribution in [0.3, 0.4) is 0 Å². The molecule has 0 aliphatic carbocycles. The van der Waals surface area contributed by atoms with Crippen molar-refractivity contribution in [3.63, 3.8) is 0 Å². The van der Waals surface area contributed by atoms with Crippen molar-refractivity contribution in [2.75, 3.05) is 0 Å². The van der Waals surface area contributed by atoms with Gasteiger partial charge in [-0.25, -0.2) is 5.48 Å². The van der Waals surface area contributed by atoms with E-state index < -0.39 is 5.91 Å². The highest BCUT2D eigenvalue weighted by Gasteiger charge is 2.08. The van der Waals surface area contributed by atoms with E-state index >= 15 is 0 Å². The number of amides is 1. The highest BCUT2D eigenvalue weighted by atomic mass is 16.5. The van der Waals surface area contributed by atoms with Gasteiger partial charge in [0.1, 0.15) is 0 Å². The lowest BCUT2D eigenvalue weighted by molar-refractivity contribution is 0.0706. The number of aromatic nitrogens is 2. The van der Waals surface area contributed by atoms with Crippen molar-refractivity contribution in [1.29, 1.82) is 0 Å². The van der Waals surface area contributed by atoms with Crippen molar-refractivity contribution in [2.24, 2.45) is 0 Å². The van der Waals surface area contributed by atoms with Gasteiger partial charge in [0, 0.05) is 16.3 Å². The zero-order chi connectivity index (χ0) is 11.7. The quantitative estimate of drug-likeness (QED) is 0.558. The molecule has 0 atom stereocenters. The van der Waals surface area contributed by atoms with Gasteiger partial charge in [-0.15, -0.1) is 0 Å². The van der Waals surface area contributed by atoms with Crippen LogP contribution in [0.15, 0.2) is 18.2 Å². The number of hydrogen-bond donors (Lipinski definition) is 2. The van der Waals surface area contributed by atoms with Crippen molar-refractivity contribution in [3.8, 4) is 0 Å². The van der Waals surface area contributed by atoms with E-state index in [1.807, 2.05) is 13.8 Å². The maximum atomic E-state index is 11.3. The second-order valence-electron chi connectivity index (χ2n) is 3.57. The molecule has 1 aromatic carbocycles. The lowest BCUT2D eigenvalue weighted by Gasteiger charge is -2.05. The van der Waals surface area contributed by atoms with Gasteiger partial charge in [-0.2, -0.15) is 10.2 Å². The van der Waals surface area contributed by atoms with Crippen molar-refractivity contribution in [2.45, 2.75) is 13.8 Å². The van der Waals surface area contributed by atoms with E-state index in [0.717, 1.165) is 22.2 Å². The number of fused-ring (bicyclic) bond motifs is 1. The average molecular weight is 217 g/mol. The van der Waals surface area contributed by atoms with Crippen LogP contribution in [0.2, 0.25) is 0 Å². The fourth-order valence-corrected chi connectivity index (χ4v) is 1.62. The smallest absolute Gasteiger partial charge is 0.274 e. The largest absolute Gasteiger partial charge is 0.288 e. The molecule has 2 rings (SSSR count). The molecule has 5 heteroatoms. The number of nitrogens with zero attached hydrogens (tertiary/aromatic N) is 2. The standard InChI is InChI=1S/C11H11N3O2/c1-6-9-4-3-8(11(15)14-16)5-10(9)7(2)13-12-6/h3-5,16H,1-2H3,(H,14,15). The third-order valence-corrected chi connectivity index (χ3v) is 2.51. The van der Waals surface area contributed by atoms with Gasteiger partial charge < -0.3 is 0 Å². The SMILES string of the molecule is Cc1nnc(C)c2cc(C(=O)NO)ccc12. The van der Waals surface area contributed by atoms with Crippen LogP contribution >= 0.6 is 0 Å². The van der Waals surface area contributed by atoms with E-state index in [0.29, 0.717) is 5.56 Å². The van der Waals surface area contributed by atoms with Crippen LogP contribution in [0.4, 0.5) is 0 Å². The Morgan fingerprint density at radius 1 is 1.19 bits per heavy atom. The summed E-state index contributed by atoms with van der Waals surface area (Å²) < 4.78 is 0. The number of rotatable bonds is 1. The second-order valence-corrected chi connectivity index (χ2v) is 3.57. The summed E-state index contributed by atoms with van der Waals surface area (Å²) in [4.78, 5) is 11.3. The Hall–Kier alpha value is -2.01. The van der Waals surface area contributed by atoms with Crippen LogP contribution in [0.5, 0.6) is 0 Å². The first-order valence-corrected chi connectivity index (χ1v) is 4.81. The fourth-order valence-electron chi connectivity index (χ4n) is 1.62. The first kappa shape index (κ1) is 10.5. The van der Waals surface area contributed by atoms with Crippen molar-refractivity contribution >= 4 is 16.7 Å². The van der Waals surface area contributed by atoms with Gasteiger partial charge in [-0.1, -0.05) is 6.07 Å². The fraction of sp³-hybridized carbons (Fsp3) is 0.182. The molecular formula is C11H11N3O2. The Morgan fingerprint density at radius 3 is 2.44 bits per heavy atom. The number of carbonyl (C=O) groups excluding carboxylic acids is 1. The minimum Gasteiger partial charge on any atom is -0.288 e. The third-order valence-electron chi connectivity index (χ3n) is 2.51. The molecule has 2 aromatic rings. The summed E-state index contributed by atoms with van der Waals surface area (Å²) in [5, 5.41) is 18.4. The molecule has 5 nitrogen and oxygen atoms in total. The lowest BCUT2D eigenvalue weighted by Crippen LogP contribution is -2.18. The molecule has 0 saturated heterocycles. The Bertz CT molecular complexity index is 566. The minimum atomic E-state index is -0.532. The van der Waals surface area contributed by atoms with E-state index in [9.17, 15) is 4.79 Å². The Morgan fingerprint density at radius 2 is 1.81 bits per heavy atom. The number of nitrogens with one attached hydrogen (secondary N) is 1. The number of benzene rings is 1. The molecule has 1 heterocycles. The van der Waals surface area contributed by atoms with Gasteiger partial charge in [0.15, 0.2) is 0 Å². The van der Waals surface area contributed by atoms with Gasteiger partial charge in [0.05, 0.1) is 11.4 Å². The van der Waals surface area contributed by atoms with Crippen LogP contribution < -0.4 is 5.48 Å². The Kier molecular flexibility index (Phi) is 2.54. The number of aryl methyl sites for hydroxylation is 2. The van der Waals surface area contributed by atoms with Gasteiger partial charge >= 0.3 is 0 Å². The average Bonchev–Trinajstić information content (AvgIpc) is 2.32. The van der Waals surface area contributed by atoms with Crippen molar-refractivity contribution in [3.05, 3.63) is 35.2 Å². The molecule has 16 heavy (non-hydrogen) atoms. The predicted octanol–water partition coefficient (Wildman–Crippen LogP) is 1.37. The highest BCUT2D eigenvalue weighted by Crippen LogP contribution is 2.20. The maximum Gasteiger partial charge on any atom is 0.274 e. The Balaban J connectivity index is 2.70. The molecule has 0 aliphatic heterocycles. The topological polar surface area (TPSA) is 75.1 Å². The molecule has 1 aromatic heterocycles. The zero-order valence-corrected chi connectivity index (χ0v) is 8.98. The lowest BCUT2D eigenvalue weighted by atomic mass is 10.1. The summed E-state index contributed by atoms with van der Waals surface area (Å²) in [6, 6.07) is 5.14. The molecule has 2 N–H and O–H groups in total. The van der Waals surface area contributed by atoms with E-state index in [-0.39, 0.29) is 0 Å². The molecule has 0 unspecified atom stereocenters. The van der Waals surface area contributed by atoms with Crippen LogP contribution in [-0.2, 0) is 0 Å². The van der Waals surface area contributed by atoms with Crippen LogP contribution in [0.25, 0.3) is 10.8 Å². The summed E-state index contributed by atoms with van der Waals surface area (Å²) in [5.74, 6) is -0.532. The molecule has 0 saturated carbocycles. The molecule has 1 amide bonds. The highest BCUT2D eigenvalue weighted by molar-refractivity contribution is 5.98. The van der Waals surface area contributed by atoms with Crippen LogP contribution in [0.1, 0.15) is 21.7 Å². The van der Waals surface area contributed by atoms with Crippen molar-refractivity contribution < 1.29 is 10.0 Å². The monoisotopic (exact) mass is 217 g/mol. The summed E-state index contributed by atoms with van der Waals surface area (Å²) in [7, 11) is 0. The zero-order valence-electron chi connectivity index (χ0n) is 8.98. The number of carbonyl (C=O) groups is 1. The van der Waals surface area contributed by atoms with Gasteiger partial charge in [0.25, 0.3) is 5.91 Å². The molecule has 0 aliphatic rings. The van der Waals surface area contributed by atoms with Crippen LogP contribution in [-0.4, -0.2) is 21.3 Å². The number of hydrogen-bond acceptors (Lipinski definition) is 4. The molecule has 0 spiro atoms. The maximum absolute atomic E-state index is 11.3. The first-order chi connectivity index (χ1) is 7.63. The van der Waals surface area contributed by atoms with Gasteiger partial charge in [0.2, 0.25) is 0 Å². The van der Waals surface area contributed by atoms with Gasteiger partial charge in [-0.3, -0.25) is 10.0 Å². The van der Waals surface area contributed by atoms with Crippen molar-refractivity contribution in [1.82, 2.24) is 15.7 Å². The normalized spacial score (nSPS) is 10.4. The minimum absolute atomic E-state index is 0.394. The molecule has 0 bridgehead atoms. The third kappa shape index (κ3) is 1.61. The first-order valence-electron chi connectivity index (χ1n) is 4.81. The summed E-state index contributed by atoms with van der Waals surface area (Å²) in [6.07, 6.45) is 0. The molecule has 0 radical (unpaired) electrons. The number of hydroxylamine groups is 1. The predicted molar refractivity (Wildman–Crippen MR) is 58.3 cm³/mol. The van der Waals surface area contributed by atoms with Gasteiger partial charge in [-0.05, 0) is 26.0 Å². The second kappa shape index (κ2) is 3.86. The summed E-state index contributed by atoms with van der Waals surface area (Å²) >= 11 is 0. The van der Waals surface area contributed by atoms with E-state index in [1.54, 1.807) is 23.7 Å². The van der Waals surface area contributed by atoms with E-state index in [1.165, 1.54) is 0 Å². The Labute approximate surface area is 92.1 Å². The summed E-state index contributed by atoms with van der Waals surface area (Å²) in [5.41, 5.74) is 3.57.